The Labute approximate surface area is 162 Å². The van der Waals surface area contributed by atoms with E-state index in [0.717, 1.165) is 17.0 Å². The molecule has 4 rings (SSSR count). The molecule has 1 atom stereocenters. The third kappa shape index (κ3) is 3.90. The van der Waals surface area contributed by atoms with Gasteiger partial charge in [0.2, 0.25) is 0 Å². The van der Waals surface area contributed by atoms with E-state index in [4.69, 9.17) is 4.84 Å². The van der Waals surface area contributed by atoms with Crippen LogP contribution < -0.4 is 26.3 Å². The molecule has 8 nitrogen and oxygen atoms in total. The van der Waals surface area contributed by atoms with E-state index in [2.05, 4.69) is 26.5 Å². The molecule has 4 N–H and O–H groups in total. The van der Waals surface area contributed by atoms with Crippen LogP contribution in [0, 0.1) is 0 Å². The van der Waals surface area contributed by atoms with E-state index in [1.165, 1.54) is 0 Å². The lowest BCUT2D eigenvalue weighted by Crippen LogP contribution is -2.31. The lowest BCUT2D eigenvalue weighted by atomic mass is 10.1. The zero-order valence-corrected chi connectivity index (χ0v) is 15.2. The molecule has 0 spiro atoms. The molecule has 0 bridgehead atoms. The average Bonchev–Trinajstić information content (AvgIpc) is 3.20. The smallest absolute Gasteiger partial charge is 0.319 e. The summed E-state index contributed by atoms with van der Waals surface area (Å²) in [7, 11) is 0. The molecule has 0 saturated carbocycles. The van der Waals surface area contributed by atoms with Crippen LogP contribution in [0.5, 0.6) is 5.75 Å². The summed E-state index contributed by atoms with van der Waals surface area (Å²) < 4.78 is 0. The highest BCUT2D eigenvalue weighted by atomic mass is 16.7. The SMILES string of the molecule is C[C@H](NC(=O)Nc1ccc(ON2C=NC=C3NNC=C32)cc1)c1ccccc1. The first-order valence-corrected chi connectivity index (χ1v) is 8.84. The highest BCUT2D eigenvalue weighted by Crippen LogP contribution is 2.22. The van der Waals surface area contributed by atoms with Crippen molar-refractivity contribution in [3.05, 3.63) is 84.0 Å². The predicted octanol–water partition coefficient (Wildman–Crippen LogP) is 3.00. The molecule has 0 unspecified atom stereocenters. The summed E-state index contributed by atoms with van der Waals surface area (Å²) in [5.74, 6) is 0.615. The molecule has 2 heterocycles. The van der Waals surface area contributed by atoms with E-state index in [0.29, 0.717) is 11.4 Å². The van der Waals surface area contributed by atoms with Crippen LogP contribution in [0.3, 0.4) is 0 Å². The second-order valence-corrected chi connectivity index (χ2v) is 6.28. The van der Waals surface area contributed by atoms with E-state index in [-0.39, 0.29) is 12.1 Å². The summed E-state index contributed by atoms with van der Waals surface area (Å²) >= 11 is 0. The van der Waals surface area contributed by atoms with Crippen LogP contribution in [-0.2, 0) is 0 Å². The van der Waals surface area contributed by atoms with Crippen molar-refractivity contribution >= 4 is 18.1 Å². The molecule has 2 aliphatic rings. The number of amides is 2. The number of hydroxylamine groups is 2. The fourth-order valence-electron chi connectivity index (χ4n) is 2.81. The maximum Gasteiger partial charge on any atom is 0.319 e. The molecule has 142 valence electrons. The Morgan fingerprint density at radius 1 is 1.14 bits per heavy atom. The fraction of sp³-hybridized carbons (Fsp3) is 0.100. The van der Waals surface area contributed by atoms with Crippen molar-refractivity contribution in [2.24, 2.45) is 4.99 Å². The molecule has 8 heteroatoms. The van der Waals surface area contributed by atoms with Gasteiger partial charge in [-0.25, -0.2) is 9.79 Å². The summed E-state index contributed by atoms with van der Waals surface area (Å²) in [5, 5.41) is 7.29. The first kappa shape index (κ1) is 17.5. The molecule has 28 heavy (non-hydrogen) atoms. The summed E-state index contributed by atoms with van der Waals surface area (Å²) in [6.45, 7) is 1.94. The van der Waals surface area contributed by atoms with Gasteiger partial charge in [0.15, 0.2) is 5.75 Å². The van der Waals surface area contributed by atoms with Crippen LogP contribution in [0.2, 0.25) is 0 Å². The number of carbonyl (C=O) groups is 1. The number of urea groups is 1. The summed E-state index contributed by atoms with van der Waals surface area (Å²) in [4.78, 5) is 22.1. The number of nitrogens with zero attached hydrogens (tertiary/aromatic N) is 2. The van der Waals surface area contributed by atoms with Crippen molar-refractivity contribution in [1.82, 2.24) is 21.2 Å². The standard InChI is InChI=1S/C20H20N6O2/c1-14(15-5-3-2-4-6-15)23-20(27)24-16-7-9-17(10-8-16)28-26-13-21-11-18-19(26)12-22-25-18/h2-14,22,25H,1H3,(H2,23,24,27)/t14-/m0/s1. The number of anilines is 1. The molecule has 0 aromatic heterocycles. The van der Waals surface area contributed by atoms with E-state index < -0.39 is 0 Å². The Hall–Kier alpha value is -3.94. The topological polar surface area (TPSA) is 90.0 Å². The summed E-state index contributed by atoms with van der Waals surface area (Å²) in [5.41, 5.74) is 9.22. The Balaban J connectivity index is 1.33. The van der Waals surface area contributed by atoms with Crippen molar-refractivity contribution in [1.29, 1.82) is 0 Å². The predicted molar refractivity (Wildman–Crippen MR) is 107 cm³/mol. The van der Waals surface area contributed by atoms with Gasteiger partial charge in [-0.05, 0) is 36.8 Å². The number of nitrogens with one attached hydrogen (secondary N) is 4. The van der Waals surface area contributed by atoms with Crippen molar-refractivity contribution < 1.29 is 9.63 Å². The van der Waals surface area contributed by atoms with Crippen molar-refractivity contribution in [3.8, 4) is 5.75 Å². The average molecular weight is 376 g/mol. The molecule has 2 amide bonds. The van der Waals surface area contributed by atoms with Crippen LogP contribution >= 0.6 is 0 Å². The minimum Gasteiger partial charge on any atom is -0.374 e. The van der Waals surface area contributed by atoms with Gasteiger partial charge in [0, 0.05) is 11.9 Å². The quantitative estimate of drug-likeness (QED) is 0.644. The Morgan fingerprint density at radius 3 is 2.71 bits per heavy atom. The van der Waals surface area contributed by atoms with Crippen LogP contribution in [0.1, 0.15) is 18.5 Å². The van der Waals surface area contributed by atoms with Gasteiger partial charge in [-0.1, -0.05) is 30.3 Å². The van der Waals surface area contributed by atoms with Gasteiger partial charge in [-0.2, -0.15) is 5.06 Å². The highest BCUT2D eigenvalue weighted by Gasteiger charge is 2.21. The zero-order chi connectivity index (χ0) is 19.3. The number of carbonyl (C=O) groups excluding carboxylic acids is 1. The second kappa shape index (κ2) is 7.75. The molecule has 2 aromatic carbocycles. The normalized spacial score (nSPS) is 15.4. The lowest BCUT2D eigenvalue weighted by Gasteiger charge is -2.22. The maximum atomic E-state index is 12.2. The van der Waals surface area contributed by atoms with Gasteiger partial charge in [0.1, 0.15) is 17.7 Å². The maximum absolute atomic E-state index is 12.2. The van der Waals surface area contributed by atoms with Crippen LogP contribution in [0.4, 0.5) is 10.5 Å². The van der Waals surface area contributed by atoms with Crippen LogP contribution in [0.25, 0.3) is 0 Å². The molecule has 2 aliphatic heterocycles. The van der Waals surface area contributed by atoms with Gasteiger partial charge < -0.3 is 20.9 Å². The number of hydrogen-bond acceptors (Lipinski definition) is 6. The molecule has 0 aliphatic carbocycles. The molecule has 2 aromatic rings. The lowest BCUT2D eigenvalue weighted by molar-refractivity contribution is 0.0646. The van der Waals surface area contributed by atoms with Crippen LogP contribution in [-0.4, -0.2) is 17.4 Å². The van der Waals surface area contributed by atoms with Gasteiger partial charge in [-0.15, -0.1) is 0 Å². The minimum atomic E-state index is -0.267. The number of hydrogen-bond donors (Lipinski definition) is 4. The number of aliphatic imine (C=N–C) groups is 1. The van der Waals surface area contributed by atoms with Crippen molar-refractivity contribution in [2.75, 3.05) is 5.32 Å². The number of rotatable bonds is 5. The fourth-order valence-corrected chi connectivity index (χ4v) is 2.81. The zero-order valence-electron chi connectivity index (χ0n) is 15.2. The molecular weight excluding hydrogens is 356 g/mol. The Morgan fingerprint density at radius 2 is 1.93 bits per heavy atom. The molecule has 0 saturated heterocycles. The number of benzene rings is 2. The van der Waals surface area contributed by atoms with E-state index in [9.17, 15) is 4.79 Å². The highest BCUT2D eigenvalue weighted by molar-refractivity contribution is 5.89. The monoisotopic (exact) mass is 376 g/mol. The van der Waals surface area contributed by atoms with E-state index in [1.54, 1.807) is 48.1 Å². The van der Waals surface area contributed by atoms with Gasteiger partial charge in [0.25, 0.3) is 0 Å². The largest absolute Gasteiger partial charge is 0.374 e. The van der Waals surface area contributed by atoms with Gasteiger partial charge in [-0.3, -0.25) is 5.43 Å². The van der Waals surface area contributed by atoms with E-state index >= 15 is 0 Å². The summed E-state index contributed by atoms with van der Waals surface area (Å²) in [6, 6.07) is 16.5. The van der Waals surface area contributed by atoms with Gasteiger partial charge in [0.05, 0.1) is 12.2 Å². The Bertz CT molecular complexity index is 937. The molecular formula is C20H20N6O2. The number of fused-ring (bicyclic) bond motifs is 1. The van der Waals surface area contributed by atoms with Crippen LogP contribution in [0.15, 0.2) is 83.4 Å². The Kier molecular flexibility index (Phi) is 4.83. The molecule has 0 radical (unpaired) electrons. The minimum absolute atomic E-state index is 0.0913. The number of hydrazine groups is 1. The van der Waals surface area contributed by atoms with Gasteiger partial charge >= 0.3 is 6.03 Å². The van der Waals surface area contributed by atoms with E-state index in [1.807, 2.05) is 37.3 Å². The second-order valence-electron chi connectivity index (χ2n) is 6.28. The first-order chi connectivity index (χ1) is 13.7. The third-order valence-corrected chi connectivity index (χ3v) is 4.27. The third-order valence-electron chi connectivity index (χ3n) is 4.27. The van der Waals surface area contributed by atoms with Crippen molar-refractivity contribution in [2.45, 2.75) is 13.0 Å². The summed E-state index contributed by atoms with van der Waals surface area (Å²) in [6.07, 6.45) is 5.06. The van der Waals surface area contributed by atoms with Crippen molar-refractivity contribution in [3.63, 3.8) is 0 Å². The molecule has 0 fully saturated rings. The first-order valence-electron chi connectivity index (χ1n) is 8.84.